The van der Waals surface area contributed by atoms with Crippen molar-refractivity contribution in [3.8, 4) is 0 Å². The molecule has 1 heterocycles. The van der Waals surface area contributed by atoms with Crippen molar-refractivity contribution in [3.05, 3.63) is 29.8 Å². The van der Waals surface area contributed by atoms with Gasteiger partial charge < -0.3 is 13.9 Å². The van der Waals surface area contributed by atoms with E-state index < -0.39 is 31.5 Å². The molecule has 2 aliphatic rings. The Morgan fingerprint density at radius 2 is 1.86 bits per heavy atom. The maximum Gasteiger partial charge on any atom is 0.415 e. The Morgan fingerprint density at radius 1 is 1.21 bits per heavy atom. The minimum absolute atomic E-state index is 0.152. The number of hydrogen-bond donors (Lipinski definition) is 0. The van der Waals surface area contributed by atoms with Crippen molar-refractivity contribution < 1.29 is 23.5 Å². The first-order valence-corrected chi connectivity index (χ1v) is 13.2. The summed E-state index contributed by atoms with van der Waals surface area (Å²) >= 11 is 0. The highest BCUT2D eigenvalue weighted by molar-refractivity contribution is 6.69. The summed E-state index contributed by atoms with van der Waals surface area (Å²) in [5.41, 5.74) is -0.0171. The van der Waals surface area contributed by atoms with Crippen LogP contribution in [0, 0.1) is 5.92 Å². The van der Waals surface area contributed by atoms with Crippen LogP contribution in [0.2, 0.25) is 19.6 Å². The maximum atomic E-state index is 13.1. The number of nitrogens with zero attached hydrogens (tertiary/aromatic N) is 1. The molecule has 1 aliphatic heterocycles. The van der Waals surface area contributed by atoms with Gasteiger partial charge in [-0.1, -0.05) is 18.2 Å². The molecule has 0 saturated heterocycles. The minimum Gasteiger partial charge on any atom is -0.467 e. The van der Waals surface area contributed by atoms with Crippen LogP contribution < -0.4 is 4.90 Å². The van der Waals surface area contributed by atoms with Crippen LogP contribution >= 0.6 is 0 Å². The molecule has 3 rings (SSSR count). The number of hydrogen-bond acceptors (Lipinski definition) is 5. The van der Waals surface area contributed by atoms with Crippen LogP contribution in [0.3, 0.4) is 0 Å². The Morgan fingerprint density at radius 3 is 2.43 bits per heavy atom. The summed E-state index contributed by atoms with van der Waals surface area (Å²) in [6.45, 7) is 12.5. The fourth-order valence-corrected chi connectivity index (χ4v) is 5.06. The summed E-state index contributed by atoms with van der Waals surface area (Å²) in [6.07, 6.45) is -0.0136. The van der Waals surface area contributed by atoms with Gasteiger partial charge >= 0.3 is 12.1 Å². The second-order valence-electron chi connectivity index (χ2n) is 9.66. The highest BCUT2D eigenvalue weighted by Crippen LogP contribution is 2.62. The van der Waals surface area contributed by atoms with Gasteiger partial charge in [0.15, 0.2) is 13.9 Å². The van der Waals surface area contributed by atoms with Crippen molar-refractivity contribution in [1.82, 2.24) is 0 Å². The smallest absolute Gasteiger partial charge is 0.415 e. The number of anilines is 1. The number of carbonyl (C=O) groups excluding carboxylic acids is 2. The number of methoxy groups -OCH3 is 1. The number of esters is 1. The van der Waals surface area contributed by atoms with Crippen LogP contribution in [0.1, 0.15) is 38.7 Å². The third-order valence-corrected chi connectivity index (χ3v) is 6.35. The van der Waals surface area contributed by atoms with Crippen molar-refractivity contribution in [1.29, 1.82) is 0 Å². The molecular formula is C21H31NO5Si. The van der Waals surface area contributed by atoms with Gasteiger partial charge in [0.25, 0.3) is 0 Å². The molecule has 1 amide bonds. The van der Waals surface area contributed by atoms with Gasteiger partial charge in [0, 0.05) is 12.5 Å². The zero-order valence-corrected chi connectivity index (χ0v) is 18.9. The van der Waals surface area contributed by atoms with Crippen LogP contribution in [0.25, 0.3) is 0 Å². The van der Waals surface area contributed by atoms with Gasteiger partial charge in [-0.05, 0) is 64.4 Å². The SMILES string of the molecule is COC(=O)[C@@]12C[C@@H](CO[Si](C)(C)C)C1c1ccccc1N2C(=O)OC(C)(C)C. The fourth-order valence-electron chi connectivity index (χ4n) is 4.34. The largest absolute Gasteiger partial charge is 0.467 e. The molecule has 1 aliphatic carbocycles. The topological polar surface area (TPSA) is 65.1 Å². The molecule has 0 bridgehead atoms. The highest BCUT2D eigenvalue weighted by Gasteiger charge is 2.70. The second-order valence-corrected chi connectivity index (χ2v) is 14.2. The number of para-hydroxylation sites is 1. The van der Waals surface area contributed by atoms with Crippen molar-refractivity contribution in [2.24, 2.45) is 5.92 Å². The van der Waals surface area contributed by atoms with Crippen molar-refractivity contribution in [2.45, 2.75) is 63.9 Å². The van der Waals surface area contributed by atoms with Crippen LogP contribution in [0.5, 0.6) is 0 Å². The Labute approximate surface area is 168 Å². The Bertz CT molecular complexity index is 782. The lowest BCUT2D eigenvalue weighted by molar-refractivity contribution is -0.154. The van der Waals surface area contributed by atoms with E-state index >= 15 is 0 Å². The molecule has 1 unspecified atom stereocenters. The van der Waals surface area contributed by atoms with E-state index in [1.165, 1.54) is 12.0 Å². The maximum absolute atomic E-state index is 13.1. The molecule has 0 N–H and O–H groups in total. The molecule has 1 fully saturated rings. The first kappa shape index (κ1) is 20.9. The van der Waals surface area contributed by atoms with Gasteiger partial charge in [-0.25, -0.2) is 9.59 Å². The molecule has 154 valence electrons. The average Bonchev–Trinajstić information content (AvgIpc) is 2.77. The molecule has 0 aromatic heterocycles. The zero-order chi connectivity index (χ0) is 20.9. The molecule has 1 aromatic rings. The Balaban J connectivity index is 2.02. The summed E-state index contributed by atoms with van der Waals surface area (Å²) in [7, 11) is -0.318. The molecule has 6 nitrogen and oxygen atoms in total. The van der Waals surface area contributed by atoms with Gasteiger partial charge in [-0.15, -0.1) is 0 Å². The lowest BCUT2D eigenvalue weighted by Gasteiger charge is -2.52. The van der Waals surface area contributed by atoms with E-state index in [2.05, 4.69) is 19.6 Å². The summed E-state index contributed by atoms with van der Waals surface area (Å²) in [5, 5.41) is 0. The number of carbonyl (C=O) groups is 2. The number of amides is 1. The molecule has 28 heavy (non-hydrogen) atoms. The van der Waals surface area contributed by atoms with Gasteiger partial charge in [0.05, 0.1) is 12.8 Å². The van der Waals surface area contributed by atoms with Crippen molar-refractivity contribution in [2.75, 3.05) is 18.6 Å². The van der Waals surface area contributed by atoms with Gasteiger partial charge in [0.1, 0.15) is 5.60 Å². The predicted octanol–water partition coefficient (Wildman–Crippen LogP) is 4.31. The zero-order valence-electron chi connectivity index (χ0n) is 17.9. The first-order valence-electron chi connectivity index (χ1n) is 9.75. The van der Waals surface area contributed by atoms with Crippen LogP contribution in [-0.4, -0.2) is 45.2 Å². The van der Waals surface area contributed by atoms with Crippen LogP contribution in [-0.2, 0) is 18.7 Å². The first-order chi connectivity index (χ1) is 12.9. The second kappa shape index (κ2) is 6.88. The standard InChI is InChI=1S/C21H31NO5Si/c1-20(2,3)27-19(24)22-16-11-9-8-10-15(16)17-14(13-26-28(5,6)7)12-21(17,22)18(23)25-4/h8-11,14,17H,12-13H2,1-7H3/t14-,17?,21+/m0/s1. The lowest BCUT2D eigenvalue weighted by atomic mass is 9.58. The molecule has 3 atom stereocenters. The highest BCUT2D eigenvalue weighted by atomic mass is 28.4. The molecule has 1 aromatic carbocycles. The Hall–Kier alpha value is -1.86. The lowest BCUT2D eigenvalue weighted by Crippen LogP contribution is -2.67. The monoisotopic (exact) mass is 405 g/mol. The van der Waals surface area contributed by atoms with Crippen LogP contribution in [0.4, 0.5) is 10.5 Å². The summed E-state index contributed by atoms with van der Waals surface area (Å²) in [4.78, 5) is 27.6. The molecular weight excluding hydrogens is 374 g/mol. The van der Waals surface area contributed by atoms with Crippen LogP contribution in [0.15, 0.2) is 24.3 Å². The Kier molecular flexibility index (Phi) is 5.13. The number of benzene rings is 1. The number of fused-ring (bicyclic) bond motifs is 3. The van der Waals surface area contributed by atoms with E-state index in [0.717, 1.165) is 11.3 Å². The average molecular weight is 406 g/mol. The van der Waals surface area contributed by atoms with E-state index in [1.54, 1.807) is 0 Å². The molecule has 1 saturated carbocycles. The van der Waals surface area contributed by atoms with E-state index in [4.69, 9.17) is 13.9 Å². The van der Waals surface area contributed by atoms with E-state index in [-0.39, 0.29) is 11.8 Å². The molecule has 0 spiro atoms. The molecule has 7 heteroatoms. The predicted molar refractivity (Wildman–Crippen MR) is 110 cm³/mol. The third kappa shape index (κ3) is 3.46. The van der Waals surface area contributed by atoms with Crippen molar-refractivity contribution >= 4 is 26.1 Å². The fraction of sp³-hybridized carbons (Fsp3) is 0.619. The van der Waals surface area contributed by atoms with E-state index in [1.807, 2.05) is 45.0 Å². The normalized spacial score (nSPS) is 26.2. The minimum atomic E-state index is -1.69. The number of rotatable bonds is 4. The molecule has 0 radical (unpaired) electrons. The van der Waals surface area contributed by atoms with Gasteiger partial charge in [-0.3, -0.25) is 4.90 Å². The van der Waals surface area contributed by atoms with E-state index in [9.17, 15) is 9.59 Å². The van der Waals surface area contributed by atoms with Crippen molar-refractivity contribution in [3.63, 3.8) is 0 Å². The van der Waals surface area contributed by atoms with E-state index in [0.29, 0.717) is 13.0 Å². The van der Waals surface area contributed by atoms with Gasteiger partial charge in [-0.2, -0.15) is 0 Å². The third-order valence-electron chi connectivity index (χ3n) is 5.32. The number of ether oxygens (including phenoxy) is 2. The summed E-state index contributed by atoms with van der Waals surface area (Å²) in [5.74, 6) is -0.400. The summed E-state index contributed by atoms with van der Waals surface area (Å²) < 4.78 is 17.0. The summed E-state index contributed by atoms with van der Waals surface area (Å²) in [6, 6.07) is 7.68. The van der Waals surface area contributed by atoms with Gasteiger partial charge in [0.2, 0.25) is 0 Å². The quantitative estimate of drug-likeness (QED) is 0.552.